The van der Waals surface area contributed by atoms with Crippen LogP contribution in [0.3, 0.4) is 0 Å². The molecule has 7 nitrogen and oxygen atoms in total. The van der Waals surface area contributed by atoms with Crippen LogP contribution in [-0.4, -0.2) is 37.2 Å². The molecule has 0 aliphatic rings. The number of benzene rings is 3. The Bertz CT molecular complexity index is 1230. The highest BCUT2D eigenvalue weighted by atomic mass is 16.6. The van der Waals surface area contributed by atoms with Crippen molar-refractivity contribution < 1.29 is 33.3 Å². The van der Waals surface area contributed by atoms with Gasteiger partial charge in [0.25, 0.3) is 0 Å². The molecule has 3 aromatic carbocycles. The Balaban J connectivity index is 1.46. The van der Waals surface area contributed by atoms with Gasteiger partial charge in [0, 0.05) is 0 Å². The zero-order valence-electron chi connectivity index (χ0n) is 24.2. The van der Waals surface area contributed by atoms with Crippen LogP contribution in [0.2, 0.25) is 0 Å². The van der Waals surface area contributed by atoms with E-state index >= 15 is 0 Å². The summed E-state index contributed by atoms with van der Waals surface area (Å²) in [5, 5.41) is 0. The van der Waals surface area contributed by atoms with E-state index in [4.69, 9.17) is 18.9 Å². The number of ether oxygens (including phenoxy) is 4. The molecule has 3 aromatic rings. The maximum atomic E-state index is 12.6. The third-order valence-electron chi connectivity index (χ3n) is 6.53. The quantitative estimate of drug-likeness (QED) is 0.100. The van der Waals surface area contributed by atoms with Crippen molar-refractivity contribution in [3.05, 3.63) is 83.9 Å². The third kappa shape index (κ3) is 10.4. The maximum Gasteiger partial charge on any atom is 0.347 e. The van der Waals surface area contributed by atoms with E-state index < -0.39 is 24.0 Å². The molecule has 0 aliphatic carbocycles. The highest BCUT2D eigenvalue weighted by molar-refractivity contribution is 5.93. The molecule has 0 heterocycles. The molecule has 0 radical (unpaired) electrons. The summed E-state index contributed by atoms with van der Waals surface area (Å²) >= 11 is 0. The van der Waals surface area contributed by atoms with Crippen molar-refractivity contribution in [2.24, 2.45) is 0 Å². The van der Waals surface area contributed by atoms with E-state index in [-0.39, 0.29) is 17.9 Å². The Morgan fingerprint density at radius 3 is 1.76 bits per heavy atom. The molecule has 3 rings (SSSR count). The molecule has 0 N–H and O–H groups in total. The smallest absolute Gasteiger partial charge is 0.347 e. The second-order valence-corrected chi connectivity index (χ2v) is 9.78. The van der Waals surface area contributed by atoms with Gasteiger partial charge in [-0.25, -0.2) is 14.4 Å². The highest BCUT2D eigenvalue weighted by Crippen LogP contribution is 2.24. The zero-order chi connectivity index (χ0) is 29.5. The predicted octanol–water partition coefficient (Wildman–Crippen LogP) is 7.81. The highest BCUT2D eigenvalue weighted by Gasteiger charge is 2.20. The lowest BCUT2D eigenvalue weighted by atomic mass is 10.0. The number of rotatable bonds is 16. The molecule has 7 heteroatoms. The van der Waals surface area contributed by atoms with Gasteiger partial charge in [-0.3, -0.25) is 0 Å². The van der Waals surface area contributed by atoms with Crippen molar-refractivity contribution in [3.63, 3.8) is 0 Å². The molecule has 0 unspecified atom stereocenters. The monoisotopic (exact) mass is 560 g/mol. The summed E-state index contributed by atoms with van der Waals surface area (Å²) in [7, 11) is 0. The first-order chi connectivity index (χ1) is 19.9. The minimum Gasteiger partial charge on any atom is -0.494 e. The molecule has 0 spiro atoms. The predicted molar refractivity (Wildman–Crippen MR) is 158 cm³/mol. The van der Waals surface area contributed by atoms with Gasteiger partial charge in [0.2, 0.25) is 0 Å². The lowest BCUT2D eigenvalue weighted by Gasteiger charge is -2.12. The summed E-state index contributed by atoms with van der Waals surface area (Å²) in [4.78, 5) is 36.5. The van der Waals surface area contributed by atoms with E-state index in [2.05, 4.69) is 6.92 Å². The molecule has 0 saturated heterocycles. The second-order valence-electron chi connectivity index (χ2n) is 9.78. The molecule has 0 bridgehead atoms. The zero-order valence-corrected chi connectivity index (χ0v) is 24.2. The minimum absolute atomic E-state index is 0.200. The topological polar surface area (TPSA) is 88.1 Å². The van der Waals surface area contributed by atoms with Crippen molar-refractivity contribution in [1.82, 2.24) is 0 Å². The van der Waals surface area contributed by atoms with Crippen LogP contribution in [0, 0.1) is 0 Å². The molecule has 41 heavy (non-hydrogen) atoms. The van der Waals surface area contributed by atoms with E-state index in [1.165, 1.54) is 69.7 Å². The van der Waals surface area contributed by atoms with E-state index in [1.54, 1.807) is 19.1 Å². The number of carbonyl (C=O) groups excluding carboxylic acids is 3. The van der Waals surface area contributed by atoms with Crippen molar-refractivity contribution in [2.45, 2.75) is 71.8 Å². The largest absolute Gasteiger partial charge is 0.494 e. The van der Waals surface area contributed by atoms with Crippen LogP contribution >= 0.6 is 0 Å². The van der Waals surface area contributed by atoms with Crippen molar-refractivity contribution in [1.29, 1.82) is 0 Å². The van der Waals surface area contributed by atoms with Gasteiger partial charge in [-0.15, -0.1) is 0 Å². The molecule has 0 saturated carbocycles. The standard InChI is InChI=1S/C34H40O7/c1-4-6-7-8-9-10-11-24-39-30-20-16-27(17-21-30)26-12-14-28(15-13-26)34(37)41-31-22-18-29(19-23-31)33(36)40-25(3)32(35)38-5-2/h12-23,25H,4-11,24H2,1-3H3/t25-/m1/s1. The number of hydrogen-bond acceptors (Lipinski definition) is 7. The van der Waals surface area contributed by atoms with Crippen LogP contribution in [0.25, 0.3) is 11.1 Å². The van der Waals surface area contributed by atoms with Crippen LogP contribution in [0.5, 0.6) is 11.5 Å². The van der Waals surface area contributed by atoms with Gasteiger partial charge in [0.15, 0.2) is 6.10 Å². The normalized spacial score (nSPS) is 11.4. The SMILES string of the molecule is CCCCCCCCCOc1ccc(-c2ccc(C(=O)Oc3ccc(C(=O)O[C@H](C)C(=O)OCC)cc3)cc2)cc1. The summed E-state index contributed by atoms with van der Waals surface area (Å²) in [5.41, 5.74) is 2.61. The summed E-state index contributed by atoms with van der Waals surface area (Å²) in [6.45, 7) is 6.28. The number of unbranched alkanes of at least 4 members (excludes halogenated alkanes) is 6. The lowest BCUT2D eigenvalue weighted by Crippen LogP contribution is -2.26. The van der Waals surface area contributed by atoms with E-state index in [9.17, 15) is 14.4 Å². The first kappa shape index (κ1) is 31.4. The molecular formula is C34H40O7. The maximum absolute atomic E-state index is 12.6. The first-order valence-corrected chi connectivity index (χ1v) is 14.4. The average molecular weight is 561 g/mol. The van der Waals surface area contributed by atoms with Gasteiger partial charge < -0.3 is 18.9 Å². The van der Waals surface area contributed by atoms with Gasteiger partial charge in [-0.2, -0.15) is 0 Å². The van der Waals surface area contributed by atoms with Gasteiger partial charge >= 0.3 is 17.9 Å². The van der Waals surface area contributed by atoms with Gasteiger partial charge in [0.05, 0.1) is 24.3 Å². The van der Waals surface area contributed by atoms with Crippen LogP contribution in [0.15, 0.2) is 72.8 Å². The molecule has 0 amide bonds. The van der Waals surface area contributed by atoms with Crippen molar-refractivity contribution in [2.75, 3.05) is 13.2 Å². The fourth-order valence-corrected chi connectivity index (χ4v) is 4.15. The van der Waals surface area contributed by atoms with E-state index in [0.717, 1.165) is 29.9 Å². The summed E-state index contributed by atoms with van der Waals surface area (Å²) in [5.74, 6) is -0.671. The number of carbonyl (C=O) groups is 3. The van der Waals surface area contributed by atoms with Crippen LogP contribution < -0.4 is 9.47 Å². The molecule has 0 fully saturated rings. The molecule has 1 atom stereocenters. The van der Waals surface area contributed by atoms with E-state index in [0.29, 0.717) is 5.56 Å². The summed E-state index contributed by atoms with van der Waals surface area (Å²) < 4.78 is 21.3. The lowest BCUT2D eigenvalue weighted by molar-refractivity contribution is -0.152. The average Bonchev–Trinajstić information content (AvgIpc) is 2.99. The van der Waals surface area contributed by atoms with Gasteiger partial charge in [-0.05, 0) is 79.9 Å². The summed E-state index contributed by atoms with van der Waals surface area (Å²) in [6, 6.07) is 21.0. The Labute approximate surface area is 242 Å². The third-order valence-corrected chi connectivity index (χ3v) is 6.53. The van der Waals surface area contributed by atoms with Crippen molar-refractivity contribution >= 4 is 17.9 Å². The summed E-state index contributed by atoms with van der Waals surface area (Å²) in [6.07, 6.45) is 7.76. The van der Waals surface area contributed by atoms with Gasteiger partial charge in [-0.1, -0.05) is 69.7 Å². The Hall–Kier alpha value is -4.13. The van der Waals surface area contributed by atoms with Gasteiger partial charge in [0.1, 0.15) is 11.5 Å². The molecule has 0 aliphatic heterocycles. The Morgan fingerprint density at radius 2 is 1.15 bits per heavy atom. The molecular weight excluding hydrogens is 520 g/mol. The number of esters is 3. The fourth-order valence-electron chi connectivity index (χ4n) is 4.15. The molecule has 0 aromatic heterocycles. The van der Waals surface area contributed by atoms with E-state index in [1.807, 2.05) is 36.4 Å². The van der Waals surface area contributed by atoms with Crippen LogP contribution in [0.4, 0.5) is 0 Å². The molecule has 218 valence electrons. The first-order valence-electron chi connectivity index (χ1n) is 14.4. The second kappa shape index (κ2) is 16.9. The van der Waals surface area contributed by atoms with Crippen LogP contribution in [-0.2, 0) is 14.3 Å². The fraction of sp³-hybridized carbons (Fsp3) is 0.382. The van der Waals surface area contributed by atoms with Crippen LogP contribution in [0.1, 0.15) is 86.4 Å². The minimum atomic E-state index is -1.02. The number of hydrogen-bond donors (Lipinski definition) is 0. The Morgan fingerprint density at radius 1 is 0.634 bits per heavy atom. The Kier molecular flexibility index (Phi) is 12.9. The van der Waals surface area contributed by atoms with Crippen molar-refractivity contribution in [3.8, 4) is 22.6 Å².